The standard InChI is InChI=1S/C15H12N6/c1-8-10(5-16)15(11(6-17)9(2)19-8)13-4-3-12-14(20-13)7-18-21-12/h3-4,7,16,20H,1-2H3,(H,18,21). The van der Waals surface area contributed by atoms with Crippen molar-refractivity contribution in [2.75, 3.05) is 5.32 Å². The molecule has 102 valence electrons. The van der Waals surface area contributed by atoms with Gasteiger partial charge in [-0.2, -0.15) is 10.4 Å². The van der Waals surface area contributed by atoms with Crippen molar-refractivity contribution in [3.8, 4) is 6.07 Å². The Morgan fingerprint density at radius 1 is 1.24 bits per heavy atom. The lowest BCUT2D eigenvalue weighted by Crippen LogP contribution is -2.37. The van der Waals surface area contributed by atoms with Gasteiger partial charge in [0.1, 0.15) is 6.07 Å². The van der Waals surface area contributed by atoms with Crippen LogP contribution in [-0.2, 0) is 0 Å². The van der Waals surface area contributed by atoms with Crippen LogP contribution in [0.5, 0.6) is 0 Å². The van der Waals surface area contributed by atoms with Crippen LogP contribution in [0.1, 0.15) is 22.6 Å². The molecule has 0 saturated heterocycles. The van der Waals surface area contributed by atoms with Crippen LogP contribution >= 0.6 is 0 Å². The number of pyridine rings is 1. The molecule has 0 radical (unpaired) electrons. The van der Waals surface area contributed by atoms with Crippen LogP contribution < -0.4 is 15.8 Å². The summed E-state index contributed by atoms with van der Waals surface area (Å²) in [6.07, 6.45) is 5.42. The minimum atomic E-state index is 0.453. The van der Waals surface area contributed by atoms with E-state index in [1.165, 1.54) is 0 Å². The molecule has 2 aromatic heterocycles. The van der Waals surface area contributed by atoms with Crippen molar-refractivity contribution in [3.63, 3.8) is 0 Å². The molecule has 0 spiro atoms. The second-order valence-electron chi connectivity index (χ2n) is 4.71. The van der Waals surface area contributed by atoms with Crippen LogP contribution in [0.3, 0.4) is 0 Å². The Morgan fingerprint density at radius 2 is 2.05 bits per heavy atom. The third kappa shape index (κ3) is 1.93. The van der Waals surface area contributed by atoms with Crippen LogP contribution in [-0.4, -0.2) is 21.1 Å². The first-order valence-electron chi connectivity index (χ1n) is 6.35. The number of aromatic nitrogens is 3. The zero-order chi connectivity index (χ0) is 15.0. The zero-order valence-electron chi connectivity index (χ0n) is 11.6. The van der Waals surface area contributed by atoms with Crippen molar-refractivity contribution < 1.29 is 0 Å². The van der Waals surface area contributed by atoms with Gasteiger partial charge in [-0.25, -0.2) is 0 Å². The lowest BCUT2D eigenvalue weighted by atomic mass is 10.0. The molecule has 0 aliphatic carbocycles. The molecule has 0 bridgehead atoms. The first-order valence-corrected chi connectivity index (χ1v) is 6.35. The van der Waals surface area contributed by atoms with E-state index in [4.69, 9.17) is 5.41 Å². The van der Waals surface area contributed by atoms with Crippen LogP contribution in [0, 0.1) is 30.6 Å². The number of nitriles is 1. The second-order valence-corrected chi connectivity index (χ2v) is 4.71. The predicted octanol–water partition coefficient (Wildman–Crippen LogP) is 0.460. The second kappa shape index (κ2) is 4.75. The van der Waals surface area contributed by atoms with Crippen molar-refractivity contribution in [1.29, 1.82) is 10.7 Å². The largest absolute Gasteiger partial charge is 0.352 e. The number of nitrogens with one attached hydrogen (secondary N) is 3. The lowest BCUT2D eigenvalue weighted by Gasteiger charge is -2.13. The maximum atomic E-state index is 9.43. The average molecular weight is 276 g/mol. The van der Waals surface area contributed by atoms with E-state index < -0.39 is 0 Å². The molecule has 2 aromatic rings. The Bertz CT molecular complexity index is 951. The molecule has 1 aliphatic heterocycles. The first-order chi connectivity index (χ1) is 10.2. The highest BCUT2D eigenvalue weighted by Crippen LogP contribution is 2.21. The SMILES string of the molecule is Cc1nc(C)c(=C=N)c(=C2C=Cc3[nH]ncc3N2)c1C#N. The van der Waals surface area contributed by atoms with Crippen LogP contribution in [0.25, 0.3) is 11.8 Å². The van der Waals surface area contributed by atoms with Gasteiger partial charge in [0, 0.05) is 10.9 Å². The highest BCUT2D eigenvalue weighted by Gasteiger charge is 2.14. The van der Waals surface area contributed by atoms with E-state index in [1.807, 2.05) is 19.1 Å². The minimum Gasteiger partial charge on any atom is -0.352 e. The number of hydrogen-bond acceptors (Lipinski definition) is 5. The Kier molecular flexibility index (Phi) is 2.90. The summed E-state index contributed by atoms with van der Waals surface area (Å²) in [7, 11) is 0. The maximum Gasteiger partial charge on any atom is 0.102 e. The smallest absolute Gasteiger partial charge is 0.102 e. The van der Waals surface area contributed by atoms with Crippen molar-refractivity contribution in [2.24, 2.45) is 0 Å². The topological polar surface area (TPSA) is 101 Å². The number of aromatic amines is 1. The predicted molar refractivity (Wildman–Crippen MR) is 79.2 cm³/mol. The molecule has 0 amide bonds. The van der Waals surface area contributed by atoms with Gasteiger partial charge in [0.15, 0.2) is 0 Å². The fourth-order valence-corrected chi connectivity index (χ4v) is 2.43. The molecule has 0 saturated carbocycles. The Morgan fingerprint density at radius 3 is 2.76 bits per heavy atom. The normalized spacial score (nSPS) is 14.9. The Labute approximate surface area is 120 Å². The van der Waals surface area contributed by atoms with Gasteiger partial charge in [-0.15, -0.1) is 0 Å². The Hall–Kier alpha value is -3.16. The Balaban J connectivity index is 2.46. The monoisotopic (exact) mass is 276 g/mol. The van der Waals surface area contributed by atoms with Gasteiger partial charge >= 0.3 is 0 Å². The third-order valence-electron chi connectivity index (χ3n) is 3.42. The summed E-state index contributed by atoms with van der Waals surface area (Å²) in [6.45, 7) is 3.60. The zero-order valence-corrected chi connectivity index (χ0v) is 11.6. The molecule has 3 heterocycles. The fraction of sp³-hybridized carbons (Fsp3) is 0.133. The van der Waals surface area contributed by atoms with Crippen LogP contribution in [0.15, 0.2) is 12.3 Å². The molecule has 6 nitrogen and oxygen atoms in total. The number of aryl methyl sites for hydroxylation is 2. The summed E-state index contributed by atoms with van der Waals surface area (Å²) in [6, 6.07) is 2.18. The number of rotatable bonds is 0. The fourth-order valence-electron chi connectivity index (χ4n) is 2.43. The number of fused-ring (bicyclic) bond motifs is 1. The van der Waals surface area contributed by atoms with Crippen molar-refractivity contribution in [1.82, 2.24) is 15.2 Å². The molecule has 6 heteroatoms. The van der Waals surface area contributed by atoms with Crippen LogP contribution in [0.2, 0.25) is 0 Å². The molecule has 1 aliphatic rings. The quantitative estimate of drug-likeness (QED) is 0.608. The summed E-state index contributed by atoms with van der Waals surface area (Å²) in [4.78, 5) is 4.32. The first kappa shape index (κ1) is 12.9. The van der Waals surface area contributed by atoms with E-state index in [2.05, 4.69) is 32.4 Å². The lowest BCUT2D eigenvalue weighted by molar-refractivity contribution is 1.07. The van der Waals surface area contributed by atoms with Crippen molar-refractivity contribution >= 4 is 23.3 Å². The van der Waals surface area contributed by atoms with E-state index in [0.717, 1.165) is 17.1 Å². The van der Waals surface area contributed by atoms with E-state index in [0.29, 0.717) is 27.4 Å². The van der Waals surface area contributed by atoms with Gasteiger partial charge in [-0.3, -0.25) is 15.5 Å². The summed E-state index contributed by atoms with van der Waals surface area (Å²) in [5.41, 5.74) is 4.22. The number of anilines is 1. The number of hydrogen-bond donors (Lipinski definition) is 3. The molecule has 3 rings (SSSR count). The summed E-state index contributed by atoms with van der Waals surface area (Å²) in [5, 5.41) is 28.2. The van der Waals surface area contributed by atoms with Crippen molar-refractivity contribution in [3.05, 3.63) is 45.4 Å². The van der Waals surface area contributed by atoms with Crippen LogP contribution in [0.4, 0.5) is 5.69 Å². The highest BCUT2D eigenvalue weighted by molar-refractivity contribution is 5.85. The number of nitrogens with zero attached hydrogens (tertiary/aromatic N) is 3. The molecule has 0 fully saturated rings. The summed E-state index contributed by atoms with van der Waals surface area (Å²) in [5.74, 6) is 2.40. The van der Waals surface area contributed by atoms with E-state index >= 15 is 0 Å². The molecule has 0 atom stereocenters. The van der Waals surface area contributed by atoms with Crippen molar-refractivity contribution in [2.45, 2.75) is 13.8 Å². The molecule has 3 N–H and O–H groups in total. The molecule has 0 unspecified atom stereocenters. The summed E-state index contributed by atoms with van der Waals surface area (Å²) >= 11 is 0. The van der Waals surface area contributed by atoms with E-state index in [1.54, 1.807) is 13.1 Å². The van der Waals surface area contributed by atoms with E-state index in [-0.39, 0.29) is 0 Å². The minimum absolute atomic E-state index is 0.453. The average Bonchev–Trinajstić information content (AvgIpc) is 2.93. The van der Waals surface area contributed by atoms with Gasteiger partial charge in [0.05, 0.1) is 39.7 Å². The molecule has 0 aromatic carbocycles. The maximum absolute atomic E-state index is 9.43. The number of H-pyrrole nitrogens is 1. The molecule has 21 heavy (non-hydrogen) atoms. The third-order valence-corrected chi connectivity index (χ3v) is 3.42. The highest BCUT2D eigenvalue weighted by atomic mass is 15.1. The molecular weight excluding hydrogens is 264 g/mol. The van der Waals surface area contributed by atoms with Gasteiger partial charge in [-0.1, -0.05) is 0 Å². The van der Waals surface area contributed by atoms with Gasteiger partial charge in [-0.05, 0) is 31.9 Å². The molecular formula is C15H12N6. The summed E-state index contributed by atoms with van der Waals surface area (Å²) < 4.78 is 0. The van der Waals surface area contributed by atoms with E-state index in [9.17, 15) is 5.26 Å². The van der Waals surface area contributed by atoms with Gasteiger partial charge < -0.3 is 5.32 Å². The van der Waals surface area contributed by atoms with Gasteiger partial charge in [0.2, 0.25) is 0 Å². The van der Waals surface area contributed by atoms with Gasteiger partial charge in [0.25, 0.3) is 0 Å².